The van der Waals surface area contributed by atoms with E-state index in [4.69, 9.17) is 4.74 Å². The number of hydrogen-bond acceptors (Lipinski definition) is 6. The number of benzene rings is 1. The van der Waals surface area contributed by atoms with Crippen molar-refractivity contribution in [3.05, 3.63) is 65.4 Å². The lowest BCUT2D eigenvalue weighted by Crippen LogP contribution is -2.26. The van der Waals surface area contributed by atoms with Crippen LogP contribution in [0.3, 0.4) is 0 Å². The summed E-state index contributed by atoms with van der Waals surface area (Å²) in [5, 5.41) is 16.4. The first kappa shape index (κ1) is 18.5. The molecule has 0 unspecified atom stereocenters. The van der Waals surface area contributed by atoms with Gasteiger partial charge in [0, 0.05) is 42.0 Å². The zero-order valence-corrected chi connectivity index (χ0v) is 15.6. The van der Waals surface area contributed by atoms with Crippen molar-refractivity contribution in [1.82, 2.24) is 15.3 Å². The number of aliphatic hydroxyl groups is 1. The Balaban J connectivity index is 1.40. The molecule has 136 valence electrons. The van der Waals surface area contributed by atoms with Gasteiger partial charge in [0.1, 0.15) is 17.4 Å². The lowest BCUT2D eigenvalue weighted by molar-refractivity contribution is 0.171. The second kappa shape index (κ2) is 9.43. The number of thiazole rings is 1. The van der Waals surface area contributed by atoms with Gasteiger partial charge in [-0.05, 0) is 36.8 Å². The van der Waals surface area contributed by atoms with E-state index >= 15 is 0 Å². The molecule has 0 aliphatic heterocycles. The number of nitrogens with zero attached hydrogens (tertiary/aromatic N) is 2. The van der Waals surface area contributed by atoms with E-state index in [1.807, 2.05) is 36.4 Å². The third kappa shape index (κ3) is 5.11. The molecule has 3 aromatic rings. The molecule has 0 spiro atoms. The predicted molar refractivity (Wildman–Crippen MR) is 104 cm³/mol. The van der Waals surface area contributed by atoms with Crippen LogP contribution in [0.15, 0.2) is 54.2 Å². The number of hydrogen-bond donors (Lipinski definition) is 2. The van der Waals surface area contributed by atoms with Crippen LogP contribution in [0.5, 0.6) is 5.75 Å². The first-order chi connectivity index (χ1) is 12.8. The molecule has 26 heavy (non-hydrogen) atoms. The Hall–Kier alpha value is -2.28. The standard InChI is InChI=1S/C20H23N3O2S/c1-2-17-14-26-20(23-17)15-5-7-18(8-6-15)25-11-10-22-13-19(24)16-4-3-9-21-12-16/h3-9,12,14,19,22,24H,2,10-11,13H2,1H3/t19-/m0/s1. The minimum atomic E-state index is -0.561. The topological polar surface area (TPSA) is 67.3 Å². The number of aliphatic hydroxyl groups excluding tert-OH is 1. The molecule has 2 aromatic heterocycles. The largest absolute Gasteiger partial charge is 0.492 e. The molecule has 0 fully saturated rings. The summed E-state index contributed by atoms with van der Waals surface area (Å²) in [6.45, 7) is 3.78. The fourth-order valence-electron chi connectivity index (χ4n) is 2.47. The quantitative estimate of drug-likeness (QED) is 0.565. The predicted octanol–water partition coefficient (Wildman–Crippen LogP) is 3.47. The molecule has 0 amide bonds. The Morgan fingerprint density at radius 3 is 2.77 bits per heavy atom. The molecule has 2 N–H and O–H groups in total. The lowest BCUT2D eigenvalue weighted by Gasteiger charge is -2.12. The van der Waals surface area contributed by atoms with Gasteiger partial charge < -0.3 is 15.2 Å². The summed E-state index contributed by atoms with van der Waals surface area (Å²) < 4.78 is 5.74. The minimum Gasteiger partial charge on any atom is -0.492 e. The van der Waals surface area contributed by atoms with Crippen molar-refractivity contribution in [1.29, 1.82) is 0 Å². The smallest absolute Gasteiger partial charge is 0.123 e. The average molecular weight is 369 g/mol. The summed E-state index contributed by atoms with van der Waals surface area (Å²) in [6, 6.07) is 11.7. The molecule has 6 heteroatoms. The molecule has 5 nitrogen and oxygen atoms in total. The highest BCUT2D eigenvalue weighted by Gasteiger charge is 2.06. The van der Waals surface area contributed by atoms with E-state index in [1.54, 1.807) is 23.7 Å². The van der Waals surface area contributed by atoms with Gasteiger partial charge in [-0.25, -0.2) is 4.98 Å². The molecular weight excluding hydrogens is 346 g/mol. The van der Waals surface area contributed by atoms with Crippen LogP contribution in [0.2, 0.25) is 0 Å². The summed E-state index contributed by atoms with van der Waals surface area (Å²) in [4.78, 5) is 8.60. The Morgan fingerprint density at radius 1 is 1.23 bits per heavy atom. The van der Waals surface area contributed by atoms with Gasteiger partial charge in [-0.15, -0.1) is 11.3 Å². The molecule has 0 bridgehead atoms. The van der Waals surface area contributed by atoms with Gasteiger partial charge in [-0.3, -0.25) is 4.98 Å². The van der Waals surface area contributed by atoms with Crippen LogP contribution < -0.4 is 10.1 Å². The molecule has 3 rings (SSSR count). The summed E-state index contributed by atoms with van der Waals surface area (Å²) in [6.07, 6.45) is 3.77. The minimum absolute atomic E-state index is 0.470. The van der Waals surface area contributed by atoms with Crippen molar-refractivity contribution in [2.75, 3.05) is 19.7 Å². The van der Waals surface area contributed by atoms with Gasteiger partial charge in [0.25, 0.3) is 0 Å². The van der Waals surface area contributed by atoms with Crippen LogP contribution in [-0.4, -0.2) is 34.8 Å². The molecular formula is C20H23N3O2S. The number of aromatic nitrogens is 2. The van der Waals surface area contributed by atoms with Crippen LogP contribution in [0.1, 0.15) is 24.3 Å². The van der Waals surface area contributed by atoms with E-state index in [2.05, 4.69) is 27.6 Å². The van der Waals surface area contributed by atoms with Crippen LogP contribution in [0.25, 0.3) is 10.6 Å². The highest BCUT2D eigenvalue weighted by atomic mass is 32.1. The van der Waals surface area contributed by atoms with Crippen molar-refractivity contribution in [3.63, 3.8) is 0 Å². The van der Waals surface area contributed by atoms with Crippen LogP contribution >= 0.6 is 11.3 Å². The van der Waals surface area contributed by atoms with E-state index in [0.717, 1.165) is 34.0 Å². The summed E-state index contributed by atoms with van der Waals surface area (Å²) in [7, 11) is 0. The van der Waals surface area contributed by atoms with Gasteiger partial charge in [-0.1, -0.05) is 13.0 Å². The SMILES string of the molecule is CCc1csc(-c2ccc(OCCNC[C@H](O)c3cccnc3)cc2)n1. The second-order valence-electron chi connectivity index (χ2n) is 5.88. The van der Waals surface area contributed by atoms with E-state index in [9.17, 15) is 5.11 Å². The highest BCUT2D eigenvalue weighted by molar-refractivity contribution is 7.13. The Bertz CT molecular complexity index is 790. The highest BCUT2D eigenvalue weighted by Crippen LogP contribution is 2.25. The van der Waals surface area contributed by atoms with Crippen LogP contribution in [-0.2, 0) is 6.42 Å². The van der Waals surface area contributed by atoms with E-state index in [-0.39, 0.29) is 0 Å². The molecule has 0 aliphatic carbocycles. The monoisotopic (exact) mass is 369 g/mol. The van der Waals surface area contributed by atoms with Crippen molar-refractivity contribution >= 4 is 11.3 Å². The third-order valence-corrected chi connectivity index (χ3v) is 4.91. The van der Waals surface area contributed by atoms with E-state index in [0.29, 0.717) is 19.7 Å². The maximum atomic E-state index is 10.0. The summed E-state index contributed by atoms with van der Waals surface area (Å²) in [5.74, 6) is 0.829. The fourth-order valence-corrected chi connectivity index (χ4v) is 3.38. The molecule has 0 aliphatic rings. The molecule has 1 atom stereocenters. The maximum Gasteiger partial charge on any atom is 0.123 e. The average Bonchev–Trinajstić information content (AvgIpc) is 3.18. The van der Waals surface area contributed by atoms with Gasteiger partial charge >= 0.3 is 0 Å². The number of ether oxygens (including phenoxy) is 1. The molecule has 2 heterocycles. The van der Waals surface area contributed by atoms with Crippen molar-refractivity contribution in [3.8, 4) is 16.3 Å². The van der Waals surface area contributed by atoms with Crippen molar-refractivity contribution in [2.45, 2.75) is 19.4 Å². The number of aryl methyl sites for hydroxylation is 1. The molecule has 1 aromatic carbocycles. The Kier molecular flexibility index (Phi) is 6.71. The molecule has 0 saturated heterocycles. The van der Waals surface area contributed by atoms with E-state index < -0.39 is 6.10 Å². The van der Waals surface area contributed by atoms with Crippen molar-refractivity contribution in [2.24, 2.45) is 0 Å². The first-order valence-corrected chi connectivity index (χ1v) is 9.60. The van der Waals surface area contributed by atoms with Crippen LogP contribution in [0, 0.1) is 0 Å². The molecule has 0 saturated carbocycles. The van der Waals surface area contributed by atoms with Crippen molar-refractivity contribution < 1.29 is 9.84 Å². The fraction of sp³-hybridized carbons (Fsp3) is 0.300. The summed E-state index contributed by atoms with van der Waals surface area (Å²) in [5.41, 5.74) is 3.05. The van der Waals surface area contributed by atoms with Crippen LogP contribution in [0.4, 0.5) is 0 Å². The zero-order valence-electron chi connectivity index (χ0n) is 14.8. The van der Waals surface area contributed by atoms with E-state index in [1.165, 1.54) is 0 Å². The number of nitrogens with one attached hydrogen (secondary N) is 1. The lowest BCUT2D eigenvalue weighted by atomic mass is 10.1. The number of pyridine rings is 1. The normalized spacial score (nSPS) is 12.1. The van der Waals surface area contributed by atoms with Gasteiger partial charge in [-0.2, -0.15) is 0 Å². The van der Waals surface area contributed by atoms with Gasteiger partial charge in [0.15, 0.2) is 0 Å². The van der Waals surface area contributed by atoms with Gasteiger partial charge in [0.05, 0.1) is 11.8 Å². The first-order valence-electron chi connectivity index (χ1n) is 8.72. The zero-order chi connectivity index (χ0) is 18.2. The Labute approximate surface area is 157 Å². The number of rotatable bonds is 9. The van der Waals surface area contributed by atoms with Gasteiger partial charge in [0.2, 0.25) is 0 Å². The third-order valence-electron chi connectivity index (χ3n) is 3.97. The second-order valence-corrected chi connectivity index (χ2v) is 6.73. The Morgan fingerprint density at radius 2 is 2.08 bits per heavy atom. The maximum absolute atomic E-state index is 10.0. The molecule has 0 radical (unpaired) electrons. The summed E-state index contributed by atoms with van der Waals surface area (Å²) >= 11 is 1.67.